The molecule has 0 spiro atoms. The number of hydrogen-bond donors (Lipinski definition) is 1. The third kappa shape index (κ3) is 4.52. The second-order valence-electron chi connectivity index (χ2n) is 3.45. The first-order chi connectivity index (χ1) is 9.04. The summed E-state index contributed by atoms with van der Waals surface area (Å²) in [7, 11) is 0. The Balaban J connectivity index is 3.04. The number of ether oxygens (including phenoxy) is 1. The monoisotopic (exact) mass is 261 g/mol. The average molecular weight is 261 g/mol. The largest absolute Gasteiger partial charge is 0.492 e. The summed E-state index contributed by atoms with van der Waals surface area (Å²) < 4.78 is 5.34. The molecule has 0 unspecified atom stereocenters. The van der Waals surface area contributed by atoms with Crippen molar-refractivity contribution >= 4 is 17.7 Å². The molecule has 0 atom stereocenters. The molecule has 0 saturated carbocycles. The lowest BCUT2D eigenvalue weighted by Crippen LogP contribution is -1.99. The average Bonchev–Trinajstić information content (AvgIpc) is 2.37. The number of carboxylic acids is 1. The third-order valence-corrected chi connectivity index (χ3v) is 2.11. The van der Waals surface area contributed by atoms with Gasteiger partial charge in [0.2, 0.25) is 0 Å². The van der Waals surface area contributed by atoms with E-state index in [1.54, 1.807) is 0 Å². The van der Waals surface area contributed by atoms with Crippen molar-refractivity contribution < 1.29 is 19.6 Å². The predicted molar refractivity (Wildman–Crippen MR) is 68.7 cm³/mol. The maximum Gasteiger partial charge on any atom is 0.328 e. The van der Waals surface area contributed by atoms with E-state index in [9.17, 15) is 14.9 Å². The van der Waals surface area contributed by atoms with Crippen LogP contribution in [0.1, 0.15) is 12.0 Å². The molecule has 1 aromatic carbocycles. The predicted octanol–water partition coefficient (Wildman–Crippen LogP) is 2.09. The number of nitro benzene ring substituents is 1. The second-order valence-corrected chi connectivity index (χ2v) is 3.45. The van der Waals surface area contributed by atoms with E-state index in [0.717, 1.165) is 6.08 Å². The number of aliphatic carboxylic acids is 1. The standard InChI is InChI=1S/C13H11NO5/c1-2-3-8-19-12-6-5-11(14(17)18)9-10(12)4-7-13(15)16/h1,4-7,9H,3,8H2,(H,15,16)/b7-4+. The number of non-ortho nitro benzene ring substituents is 1. The van der Waals surface area contributed by atoms with E-state index in [2.05, 4.69) is 5.92 Å². The molecule has 0 aliphatic rings. The highest BCUT2D eigenvalue weighted by Crippen LogP contribution is 2.25. The molecule has 1 aromatic rings. The molecule has 6 heteroatoms. The highest BCUT2D eigenvalue weighted by atomic mass is 16.6. The molecular formula is C13H11NO5. The zero-order valence-electron chi connectivity index (χ0n) is 9.91. The molecule has 6 nitrogen and oxygen atoms in total. The van der Waals surface area contributed by atoms with Crippen molar-refractivity contribution in [3.63, 3.8) is 0 Å². The van der Waals surface area contributed by atoms with Crippen molar-refractivity contribution in [1.82, 2.24) is 0 Å². The fourth-order valence-electron chi connectivity index (χ4n) is 1.29. The van der Waals surface area contributed by atoms with Crippen LogP contribution in [0.25, 0.3) is 6.08 Å². The molecule has 0 aliphatic heterocycles. The number of hydrogen-bond acceptors (Lipinski definition) is 4. The summed E-state index contributed by atoms with van der Waals surface area (Å²) in [5.74, 6) is 1.59. The fourth-order valence-corrected chi connectivity index (χ4v) is 1.29. The number of nitro groups is 1. The number of benzene rings is 1. The van der Waals surface area contributed by atoms with Gasteiger partial charge in [0.1, 0.15) is 5.75 Å². The first kappa shape index (κ1) is 14.3. The Morgan fingerprint density at radius 2 is 2.32 bits per heavy atom. The Bertz CT molecular complexity index is 557. The lowest BCUT2D eigenvalue weighted by Gasteiger charge is -2.07. The van der Waals surface area contributed by atoms with Crippen LogP contribution < -0.4 is 4.74 Å². The lowest BCUT2D eigenvalue weighted by atomic mass is 10.1. The van der Waals surface area contributed by atoms with Gasteiger partial charge in [0.05, 0.1) is 11.5 Å². The van der Waals surface area contributed by atoms with Crippen LogP contribution in [-0.2, 0) is 4.79 Å². The molecule has 19 heavy (non-hydrogen) atoms. The Morgan fingerprint density at radius 3 is 2.89 bits per heavy atom. The van der Waals surface area contributed by atoms with Crippen molar-refractivity contribution in [1.29, 1.82) is 0 Å². The number of nitrogens with zero attached hydrogens (tertiary/aromatic N) is 1. The molecular weight excluding hydrogens is 250 g/mol. The van der Waals surface area contributed by atoms with Gasteiger partial charge in [0.15, 0.2) is 0 Å². The lowest BCUT2D eigenvalue weighted by molar-refractivity contribution is -0.384. The number of carboxylic acid groups (broad SMARTS) is 1. The van der Waals surface area contributed by atoms with Crippen LogP contribution in [-0.4, -0.2) is 22.6 Å². The SMILES string of the molecule is C#CCCOc1ccc([N+](=O)[O-])cc1/C=C/C(=O)O. The molecule has 98 valence electrons. The Morgan fingerprint density at radius 1 is 1.58 bits per heavy atom. The van der Waals surface area contributed by atoms with Crippen LogP contribution in [0.4, 0.5) is 5.69 Å². The highest BCUT2D eigenvalue weighted by Gasteiger charge is 2.10. The van der Waals surface area contributed by atoms with E-state index in [4.69, 9.17) is 16.3 Å². The first-order valence-electron chi connectivity index (χ1n) is 5.30. The van der Waals surface area contributed by atoms with E-state index in [1.807, 2.05) is 0 Å². The number of terminal acetylenes is 1. The highest BCUT2D eigenvalue weighted by molar-refractivity contribution is 5.86. The number of carbonyl (C=O) groups is 1. The van der Waals surface area contributed by atoms with Crippen molar-refractivity contribution in [2.45, 2.75) is 6.42 Å². The van der Waals surface area contributed by atoms with E-state index in [0.29, 0.717) is 17.7 Å². The third-order valence-electron chi connectivity index (χ3n) is 2.11. The molecule has 1 rings (SSSR count). The van der Waals surface area contributed by atoms with Gasteiger partial charge in [-0.3, -0.25) is 10.1 Å². The molecule has 0 aliphatic carbocycles. The van der Waals surface area contributed by atoms with Gasteiger partial charge >= 0.3 is 5.97 Å². The zero-order chi connectivity index (χ0) is 14.3. The maximum absolute atomic E-state index is 10.7. The Hall–Kier alpha value is -2.81. The minimum absolute atomic E-state index is 0.144. The van der Waals surface area contributed by atoms with E-state index in [1.165, 1.54) is 24.3 Å². The van der Waals surface area contributed by atoms with E-state index < -0.39 is 10.9 Å². The molecule has 0 radical (unpaired) electrons. The summed E-state index contributed by atoms with van der Waals surface area (Å²) in [4.78, 5) is 20.6. The molecule has 0 aromatic heterocycles. The van der Waals surface area contributed by atoms with Gasteiger partial charge in [0.25, 0.3) is 5.69 Å². The van der Waals surface area contributed by atoms with Crippen LogP contribution in [0, 0.1) is 22.5 Å². The maximum atomic E-state index is 10.7. The van der Waals surface area contributed by atoms with Crippen LogP contribution in [0.2, 0.25) is 0 Å². The van der Waals surface area contributed by atoms with Crippen molar-refractivity contribution in [3.8, 4) is 18.1 Å². The normalized spacial score (nSPS) is 10.1. The summed E-state index contributed by atoms with van der Waals surface area (Å²) >= 11 is 0. The fraction of sp³-hybridized carbons (Fsp3) is 0.154. The summed E-state index contributed by atoms with van der Waals surface area (Å²) in [5.41, 5.74) is 0.169. The van der Waals surface area contributed by atoms with Crippen LogP contribution in [0.3, 0.4) is 0 Å². The zero-order valence-corrected chi connectivity index (χ0v) is 9.91. The van der Waals surface area contributed by atoms with Crippen molar-refractivity contribution in [2.24, 2.45) is 0 Å². The topological polar surface area (TPSA) is 89.7 Å². The van der Waals surface area contributed by atoms with Crippen LogP contribution in [0.15, 0.2) is 24.3 Å². The quantitative estimate of drug-likeness (QED) is 0.278. The number of rotatable bonds is 6. The molecule has 0 fully saturated rings. The van der Waals surface area contributed by atoms with Gasteiger partial charge in [-0.25, -0.2) is 4.79 Å². The molecule has 0 bridgehead atoms. The van der Waals surface area contributed by atoms with Gasteiger partial charge in [-0.05, 0) is 12.1 Å². The van der Waals surface area contributed by atoms with Crippen molar-refractivity contribution in [3.05, 3.63) is 40.0 Å². The van der Waals surface area contributed by atoms with Gasteiger partial charge in [-0.15, -0.1) is 12.3 Å². The Kier molecular flexibility index (Phi) is 5.11. The minimum atomic E-state index is -1.15. The molecule has 1 N–H and O–H groups in total. The van der Waals surface area contributed by atoms with Crippen LogP contribution in [0.5, 0.6) is 5.75 Å². The summed E-state index contributed by atoms with van der Waals surface area (Å²) in [5, 5.41) is 19.2. The van der Waals surface area contributed by atoms with Gasteiger partial charge < -0.3 is 9.84 Å². The molecule has 0 heterocycles. The Labute approximate surface area is 109 Å². The van der Waals surface area contributed by atoms with Gasteiger partial charge in [-0.2, -0.15) is 0 Å². The summed E-state index contributed by atoms with van der Waals surface area (Å²) in [6.45, 7) is 0.252. The smallest absolute Gasteiger partial charge is 0.328 e. The first-order valence-corrected chi connectivity index (χ1v) is 5.30. The van der Waals surface area contributed by atoms with Crippen LogP contribution >= 0.6 is 0 Å². The molecule has 0 saturated heterocycles. The summed E-state index contributed by atoms with van der Waals surface area (Å²) in [6, 6.07) is 3.93. The van der Waals surface area contributed by atoms with E-state index in [-0.39, 0.29) is 12.3 Å². The van der Waals surface area contributed by atoms with Gasteiger partial charge in [0, 0.05) is 30.2 Å². The summed E-state index contributed by atoms with van der Waals surface area (Å²) in [6.07, 6.45) is 7.59. The van der Waals surface area contributed by atoms with Gasteiger partial charge in [-0.1, -0.05) is 0 Å². The second kappa shape index (κ2) is 6.81. The van der Waals surface area contributed by atoms with E-state index >= 15 is 0 Å². The van der Waals surface area contributed by atoms with Crippen molar-refractivity contribution in [2.75, 3.05) is 6.61 Å². The molecule has 0 amide bonds. The minimum Gasteiger partial charge on any atom is -0.492 e.